The number of rotatable bonds is 5. The normalized spacial score (nSPS) is 17.0. The topological polar surface area (TPSA) is 64.8 Å². The van der Waals surface area contributed by atoms with E-state index in [0.29, 0.717) is 33.9 Å². The molecule has 1 unspecified atom stereocenters. The van der Waals surface area contributed by atoms with Crippen LogP contribution in [-0.4, -0.2) is 35.0 Å². The van der Waals surface area contributed by atoms with Gasteiger partial charge in [0.05, 0.1) is 18.4 Å². The number of amides is 1. The third-order valence-corrected chi connectivity index (χ3v) is 5.83. The second-order valence-corrected chi connectivity index (χ2v) is 7.71. The summed E-state index contributed by atoms with van der Waals surface area (Å²) in [5.41, 5.74) is 2.60. The van der Waals surface area contributed by atoms with Gasteiger partial charge < -0.3 is 18.8 Å². The summed E-state index contributed by atoms with van der Waals surface area (Å²) in [5.74, 6) is 0.946. The number of halogens is 3. The molecule has 2 aromatic carbocycles. The van der Waals surface area contributed by atoms with E-state index in [0.717, 1.165) is 0 Å². The zero-order valence-corrected chi connectivity index (χ0v) is 16.8. The van der Waals surface area contributed by atoms with E-state index in [1.54, 1.807) is 31.1 Å². The first-order valence-corrected chi connectivity index (χ1v) is 10.00. The molecule has 0 bridgehead atoms. The van der Waals surface area contributed by atoms with Gasteiger partial charge >= 0.3 is 6.36 Å². The summed E-state index contributed by atoms with van der Waals surface area (Å²) in [6.45, 7) is 1.96. The average molecular weight is 438 g/mol. The highest BCUT2D eigenvalue weighted by Crippen LogP contribution is 2.46. The number of aromatic nitrogens is 1. The van der Waals surface area contributed by atoms with Crippen molar-refractivity contribution in [3.05, 3.63) is 53.4 Å². The summed E-state index contributed by atoms with van der Waals surface area (Å²) in [4.78, 5) is 18.6. The molecule has 158 valence electrons. The molecule has 4 rings (SSSR count). The number of aryl methyl sites for hydroxylation is 1. The molecule has 0 aliphatic carbocycles. The molecule has 1 saturated heterocycles. The van der Waals surface area contributed by atoms with Crippen molar-refractivity contribution in [1.82, 2.24) is 9.88 Å². The predicted molar refractivity (Wildman–Crippen MR) is 104 cm³/mol. The lowest BCUT2D eigenvalue weighted by Crippen LogP contribution is -2.28. The monoisotopic (exact) mass is 438 g/mol. The van der Waals surface area contributed by atoms with Gasteiger partial charge in [-0.25, -0.2) is 4.98 Å². The van der Waals surface area contributed by atoms with Crippen molar-refractivity contribution in [2.75, 3.05) is 12.9 Å². The van der Waals surface area contributed by atoms with E-state index in [-0.39, 0.29) is 29.3 Å². The Balaban J connectivity index is 1.64. The number of nitrogens with zero attached hydrogens (tertiary/aromatic N) is 2. The van der Waals surface area contributed by atoms with Gasteiger partial charge in [-0.15, -0.1) is 24.9 Å². The largest absolute Gasteiger partial charge is 0.573 e. The number of carbonyl (C=O) groups excluding carboxylic acids is 1. The Hall–Kier alpha value is -2.88. The summed E-state index contributed by atoms with van der Waals surface area (Å²) in [5, 5.41) is -0.380. The molecule has 1 aliphatic rings. The van der Waals surface area contributed by atoms with Crippen LogP contribution in [0.25, 0.3) is 11.1 Å². The quantitative estimate of drug-likeness (QED) is 0.569. The number of alkyl halides is 3. The Morgan fingerprint density at radius 3 is 2.63 bits per heavy atom. The average Bonchev–Trinajstić information content (AvgIpc) is 3.23. The van der Waals surface area contributed by atoms with Gasteiger partial charge in [0.2, 0.25) is 5.91 Å². The van der Waals surface area contributed by atoms with Crippen molar-refractivity contribution < 1.29 is 31.9 Å². The summed E-state index contributed by atoms with van der Waals surface area (Å²) in [7, 11) is 1.54. The maximum atomic E-state index is 12.6. The highest BCUT2D eigenvalue weighted by atomic mass is 32.2. The van der Waals surface area contributed by atoms with Gasteiger partial charge in [-0.05, 0) is 29.8 Å². The fraction of sp³-hybridized carbons (Fsp3) is 0.300. The standard InChI is InChI=1S/C20H17F3N2O4S/c1-11-24-14-7-8-15(27-2)17(18(14)28-11)19-25(16(26)10-30-19)9-12-3-5-13(6-4-12)29-20(21,22)23/h3-8,19H,9-10H2,1-2H3. The third kappa shape index (κ3) is 4.04. The first-order valence-electron chi connectivity index (χ1n) is 8.95. The predicted octanol–water partition coefficient (Wildman–Crippen LogP) is 4.82. The van der Waals surface area contributed by atoms with Crippen molar-refractivity contribution in [3.63, 3.8) is 0 Å². The molecule has 1 aromatic heterocycles. The van der Waals surface area contributed by atoms with Gasteiger partial charge in [0.25, 0.3) is 0 Å². The van der Waals surface area contributed by atoms with Crippen LogP contribution in [-0.2, 0) is 11.3 Å². The number of hydrogen-bond acceptors (Lipinski definition) is 6. The number of thioether (sulfide) groups is 1. The first kappa shape index (κ1) is 20.4. The zero-order chi connectivity index (χ0) is 21.5. The van der Waals surface area contributed by atoms with Gasteiger partial charge in [-0.3, -0.25) is 4.79 Å². The minimum Gasteiger partial charge on any atom is -0.496 e. The Kier molecular flexibility index (Phi) is 5.27. The molecule has 1 fully saturated rings. The molecule has 0 saturated carbocycles. The lowest BCUT2D eigenvalue weighted by Gasteiger charge is -2.25. The molecule has 1 atom stereocenters. The van der Waals surface area contributed by atoms with Crippen LogP contribution in [0.5, 0.6) is 11.5 Å². The van der Waals surface area contributed by atoms with Crippen LogP contribution in [0.4, 0.5) is 13.2 Å². The number of carbonyl (C=O) groups is 1. The number of fused-ring (bicyclic) bond motifs is 1. The molecule has 30 heavy (non-hydrogen) atoms. The summed E-state index contributed by atoms with van der Waals surface area (Å²) in [6.07, 6.45) is -4.75. The molecule has 0 radical (unpaired) electrons. The lowest BCUT2D eigenvalue weighted by molar-refractivity contribution is -0.274. The SMILES string of the molecule is COc1ccc2nc(C)oc2c1C1SCC(=O)N1Cc1ccc(OC(F)(F)F)cc1. The summed E-state index contributed by atoms with van der Waals surface area (Å²) >= 11 is 1.43. The van der Waals surface area contributed by atoms with E-state index in [4.69, 9.17) is 9.15 Å². The molecule has 1 aliphatic heterocycles. The highest BCUT2D eigenvalue weighted by molar-refractivity contribution is 8.00. The van der Waals surface area contributed by atoms with Gasteiger partial charge in [-0.1, -0.05) is 12.1 Å². The fourth-order valence-corrected chi connectivity index (χ4v) is 4.60. The number of oxazole rings is 1. The van der Waals surface area contributed by atoms with Gasteiger partial charge in [0.1, 0.15) is 22.4 Å². The minimum atomic E-state index is -4.75. The summed E-state index contributed by atoms with van der Waals surface area (Å²) < 4.78 is 52.3. The molecule has 3 aromatic rings. The molecular weight excluding hydrogens is 421 g/mol. The lowest BCUT2D eigenvalue weighted by atomic mass is 10.1. The minimum absolute atomic E-state index is 0.0871. The molecule has 10 heteroatoms. The van der Waals surface area contributed by atoms with E-state index >= 15 is 0 Å². The van der Waals surface area contributed by atoms with Crippen LogP contribution in [0.1, 0.15) is 22.4 Å². The Bertz CT molecular complexity index is 1080. The smallest absolute Gasteiger partial charge is 0.496 e. The molecule has 6 nitrogen and oxygen atoms in total. The molecule has 0 N–H and O–H groups in total. The number of hydrogen-bond donors (Lipinski definition) is 0. The van der Waals surface area contributed by atoms with Crippen molar-refractivity contribution >= 4 is 28.8 Å². The van der Waals surface area contributed by atoms with Crippen LogP contribution in [0.2, 0.25) is 0 Å². The Morgan fingerprint density at radius 1 is 1.23 bits per heavy atom. The van der Waals surface area contributed by atoms with Crippen LogP contribution < -0.4 is 9.47 Å². The maximum absolute atomic E-state index is 12.6. The Morgan fingerprint density at radius 2 is 1.97 bits per heavy atom. The van der Waals surface area contributed by atoms with Crippen molar-refractivity contribution in [1.29, 1.82) is 0 Å². The van der Waals surface area contributed by atoms with E-state index in [2.05, 4.69) is 9.72 Å². The van der Waals surface area contributed by atoms with E-state index in [1.165, 1.54) is 36.0 Å². The highest BCUT2D eigenvalue weighted by Gasteiger charge is 2.37. The van der Waals surface area contributed by atoms with Crippen molar-refractivity contribution in [2.45, 2.75) is 25.2 Å². The number of methoxy groups -OCH3 is 1. The van der Waals surface area contributed by atoms with E-state index in [1.807, 2.05) is 0 Å². The molecule has 1 amide bonds. The maximum Gasteiger partial charge on any atom is 0.573 e. The van der Waals surface area contributed by atoms with Gasteiger partial charge in [0.15, 0.2) is 11.5 Å². The number of ether oxygens (including phenoxy) is 2. The van der Waals surface area contributed by atoms with Crippen molar-refractivity contribution in [2.24, 2.45) is 0 Å². The second-order valence-electron chi connectivity index (χ2n) is 6.64. The molecule has 0 spiro atoms. The fourth-order valence-electron chi connectivity index (χ4n) is 3.37. The summed E-state index contributed by atoms with van der Waals surface area (Å²) in [6, 6.07) is 9.04. The number of benzene rings is 2. The zero-order valence-electron chi connectivity index (χ0n) is 16.0. The van der Waals surface area contributed by atoms with Crippen LogP contribution in [0.15, 0.2) is 40.8 Å². The molecule has 2 heterocycles. The van der Waals surface area contributed by atoms with E-state index < -0.39 is 6.36 Å². The van der Waals surface area contributed by atoms with Crippen LogP contribution >= 0.6 is 11.8 Å². The first-order chi connectivity index (χ1) is 14.2. The Labute approximate surface area is 174 Å². The molecular formula is C20H17F3N2O4S. The van der Waals surface area contributed by atoms with Gasteiger partial charge in [0, 0.05) is 13.5 Å². The van der Waals surface area contributed by atoms with Gasteiger partial charge in [-0.2, -0.15) is 0 Å². The van der Waals surface area contributed by atoms with Crippen LogP contribution in [0, 0.1) is 6.92 Å². The van der Waals surface area contributed by atoms with E-state index in [9.17, 15) is 18.0 Å². The van der Waals surface area contributed by atoms with Crippen LogP contribution in [0.3, 0.4) is 0 Å². The third-order valence-electron chi connectivity index (χ3n) is 4.61. The second kappa shape index (κ2) is 7.75. The van der Waals surface area contributed by atoms with Crippen molar-refractivity contribution in [3.8, 4) is 11.5 Å².